The van der Waals surface area contributed by atoms with Crippen molar-refractivity contribution >= 4 is 57.7 Å². The molecule has 0 atom stereocenters. The van der Waals surface area contributed by atoms with Crippen molar-refractivity contribution in [2.45, 2.75) is 6.92 Å². The molecule has 0 bridgehead atoms. The zero-order valence-electron chi connectivity index (χ0n) is 8.35. The lowest BCUT2D eigenvalue weighted by atomic mass is 10.2. The molecule has 16 heavy (non-hydrogen) atoms. The minimum atomic E-state index is -0.188. The van der Waals surface area contributed by atoms with Gasteiger partial charge in [-0.15, -0.1) is 0 Å². The van der Waals surface area contributed by atoms with Crippen molar-refractivity contribution < 1.29 is 4.79 Å². The number of aliphatic imine (C=N–C) groups is 2. The van der Waals surface area contributed by atoms with Crippen LogP contribution < -0.4 is 5.32 Å². The van der Waals surface area contributed by atoms with E-state index in [0.29, 0.717) is 17.1 Å². The maximum absolute atomic E-state index is 10.9. The lowest BCUT2D eigenvalue weighted by Crippen LogP contribution is -2.05. The van der Waals surface area contributed by atoms with Crippen molar-refractivity contribution in [1.82, 2.24) is 0 Å². The highest BCUT2D eigenvalue weighted by atomic mass is 32.1. The van der Waals surface area contributed by atoms with Crippen LogP contribution in [0.15, 0.2) is 28.2 Å². The van der Waals surface area contributed by atoms with Gasteiger partial charge in [-0.3, -0.25) is 4.79 Å². The predicted octanol–water partition coefficient (Wildman–Crippen LogP) is 3.11. The summed E-state index contributed by atoms with van der Waals surface area (Å²) in [7, 11) is 0. The van der Waals surface area contributed by atoms with Crippen LogP contribution in [0.2, 0.25) is 0 Å². The summed E-state index contributed by atoms with van der Waals surface area (Å²) in [6.45, 7) is 1.41. The molecule has 0 aliphatic rings. The van der Waals surface area contributed by atoms with Crippen molar-refractivity contribution in [1.29, 1.82) is 0 Å². The molecule has 0 aromatic heterocycles. The lowest BCUT2D eigenvalue weighted by molar-refractivity contribution is -0.114. The molecule has 0 aliphatic heterocycles. The monoisotopic (exact) mass is 249 g/mol. The first kappa shape index (κ1) is 12.4. The van der Waals surface area contributed by atoms with E-state index in [2.05, 4.69) is 50.1 Å². The first-order valence-corrected chi connectivity index (χ1v) is 5.06. The topological polar surface area (TPSA) is 53.8 Å². The Morgan fingerprint density at radius 3 is 2.56 bits per heavy atom. The molecule has 1 aromatic carbocycles. The molecule has 6 heteroatoms. The Morgan fingerprint density at radius 1 is 1.31 bits per heavy atom. The van der Waals surface area contributed by atoms with Gasteiger partial charge in [0.2, 0.25) is 5.91 Å². The Bertz CT molecular complexity index is 515. The van der Waals surface area contributed by atoms with Crippen LogP contribution in [-0.2, 0) is 4.79 Å². The number of thiocarbonyl (C=S) groups is 2. The summed E-state index contributed by atoms with van der Waals surface area (Å²) in [6, 6.07) is 4.98. The van der Waals surface area contributed by atoms with Crippen LogP contribution in [0.5, 0.6) is 0 Å². The van der Waals surface area contributed by atoms with Gasteiger partial charge in [-0.1, -0.05) is 0 Å². The number of benzene rings is 1. The molecule has 0 radical (unpaired) electrons. The van der Waals surface area contributed by atoms with E-state index in [1.54, 1.807) is 18.2 Å². The Balaban J connectivity index is 3.23. The standard InChI is InChI=1S/C10H7N3OS2/c1-7(14)13-9-3-2-8(11-5-15)4-10(9)12-6-16/h2-4H,1H3,(H,13,14). The van der Waals surface area contributed by atoms with Gasteiger partial charge in [-0.25, -0.2) is 0 Å². The largest absolute Gasteiger partial charge is 0.324 e. The van der Waals surface area contributed by atoms with Crippen LogP contribution in [0.25, 0.3) is 0 Å². The molecule has 0 aliphatic carbocycles. The third kappa shape index (κ3) is 3.46. The van der Waals surface area contributed by atoms with E-state index in [-0.39, 0.29) is 5.91 Å². The molecule has 1 amide bonds. The summed E-state index contributed by atoms with van der Waals surface area (Å²) in [5.41, 5.74) is 1.62. The molecule has 0 spiro atoms. The number of nitrogens with zero attached hydrogens (tertiary/aromatic N) is 2. The molecule has 0 saturated carbocycles. The van der Waals surface area contributed by atoms with Gasteiger partial charge in [0, 0.05) is 6.92 Å². The van der Waals surface area contributed by atoms with Gasteiger partial charge in [0.15, 0.2) is 0 Å². The summed E-state index contributed by atoms with van der Waals surface area (Å²) >= 11 is 9.01. The molecule has 1 N–H and O–H groups in total. The van der Waals surface area contributed by atoms with Gasteiger partial charge in [0.25, 0.3) is 0 Å². The van der Waals surface area contributed by atoms with Gasteiger partial charge in [-0.2, -0.15) is 9.98 Å². The van der Waals surface area contributed by atoms with E-state index in [9.17, 15) is 4.79 Å². The van der Waals surface area contributed by atoms with Crippen LogP contribution in [-0.4, -0.2) is 16.2 Å². The number of carbonyl (C=O) groups excluding carboxylic acids is 1. The molecule has 0 saturated heterocycles. The van der Waals surface area contributed by atoms with E-state index < -0.39 is 0 Å². The maximum atomic E-state index is 10.9. The smallest absolute Gasteiger partial charge is 0.221 e. The Kier molecular flexibility index (Phi) is 4.64. The fourth-order valence-electron chi connectivity index (χ4n) is 1.08. The first-order valence-electron chi connectivity index (χ1n) is 4.24. The number of hydrogen-bond acceptors (Lipinski definition) is 5. The number of carbonyl (C=O) groups is 1. The highest BCUT2D eigenvalue weighted by Crippen LogP contribution is 2.29. The minimum Gasteiger partial charge on any atom is -0.324 e. The van der Waals surface area contributed by atoms with Gasteiger partial charge < -0.3 is 5.32 Å². The molecule has 0 heterocycles. The SMILES string of the molecule is CC(=O)Nc1ccc(N=C=S)cc1N=C=S. The third-order valence-corrected chi connectivity index (χ3v) is 1.82. The maximum Gasteiger partial charge on any atom is 0.221 e. The number of rotatable bonds is 3. The van der Waals surface area contributed by atoms with E-state index in [0.717, 1.165) is 0 Å². The zero-order valence-corrected chi connectivity index (χ0v) is 9.98. The van der Waals surface area contributed by atoms with Crippen LogP contribution in [0.1, 0.15) is 6.92 Å². The summed E-state index contributed by atoms with van der Waals surface area (Å²) < 4.78 is 0. The van der Waals surface area contributed by atoms with Crippen LogP contribution >= 0.6 is 24.4 Å². The number of hydrogen-bond donors (Lipinski definition) is 1. The van der Waals surface area contributed by atoms with Crippen molar-refractivity contribution in [3.63, 3.8) is 0 Å². The quantitative estimate of drug-likeness (QED) is 0.661. The Labute approximate surface area is 103 Å². The van der Waals surface area contributed by atoms with Crippen LogP contribution in [0.4, 0.5) is 17.1 Å². The second-order valence-electron chi connectivity index (χ2n) is 2.79. The highest BCUT2D eigenvalue weighted by Gasteiger charge is 2.03. The fraction of sp³-hybridized carbons (Fsp3) is 0.100. The van der Waals surface area contributed by atoms with Gasteiger partial charge in [0.05, 0.1) is 27.4 Å². The molecule has 4 nitrogen and oxygen atoms in total. The predicted molar refractivity (Wildman–Crippen MR) is 70.1 cm³/mol. The molecule has 1 aromatic rings. The second-order valence-corrected chi connectivity index (χ2v) is 3.15. The number of isothiocyanates is 2. The molecule has 80 valence electrons. The molecular formula is C10H7N3OS2. The zero-order chi connectivity index (χ0) is 12.0. The molecule has 0 unspecified atom stereocenters. The minimum absolute atomic E-state index is 0.188. The number of nitrogens with one attached hydrogen (secondary N) is 1. The van der Waals surface area contributed by atoms with E-state index in [4.69, 9.17) is 0 Å². The summed E-state index contributed by atoms with van der Waals surface area (Å²) in [5.74, 6) is -0.188. The Morgan fingerprint density at radius 2 is 2.00 bits per heavy atom. The normalized spacial score (nSPS) is 8.56. The van der Waals surface area contributed by atoms with Crippen molar-refractivity contribution in [3.8, 4) is 0 Å². The average molecular weight is 249 g/mol. The van der Waals surface area contributed by atoms with Crippen molar-refractivity contribution in [3.05, 3.63) is 18.2 Å². The van der Waals surface area contributed by atoms with Crippen molar-refractivity contribution in [2.24, 2.45) is 9.98 Å². The Hall–Kier alpha value is -1.71. The van der Waals surface area contributed by atoms with Gasteiger partial charge in [-0.05, 0) is 42.6 Å². The van der Waals surface area contributed by atoms with E-state index >= 15 is 0 Å². The summed E-state index contributed by atoms with van der Waals surface area (Å²) in [5, 5.41) is 7.10. The van der Waals surface area contributed by atoms with Crippen LogP contribution in [0, 0.1) is 0 Å². The number of anilines is 1. The molecule has 1 rings (SSSR count). The second kappa shape index (κ2) is 6.00. The summed E-state index contributed by atoms with van der Waals surface area (Å²) in [6.07, 6.45) is 0. The van der Waals surface area contributed by atoms with E-state index in [1.807, 2.05) is 0 Å². The van der Waals surface area contributed by atoms with Crippen molar-refractivity contribution in [2.75, 3.05) is 5.32 Å². The fourth-order valence-corrected chi connectivity index (χ4v) is 1.28. The first-order chi connectivity index (χ1) is 7.67. The van der Waals surface area contributed by atoms with E-state index in [1.165, 1.54) is 6.92 Å². The highest BCUT2D eigenvalue weighted by molar-refractivity contribution is 7.78. The average Bonchev–Trinajstić information content (AvgIpc) is 2.22. The third-order valence-electron chi connectivity index (χ3n) is 1.63. The molecular weight excluding hydrogens is 242 g/mol. The number of amides is 1. The lowest BCUT2D eigenvalue weighted by Gasteiger charge is -2.05. The van der Waals surface area contributed by atoms with Gasteiger partial charge >= 0.3 is 0 Å². The van der Waals surface area contributed by atoms with Gasteiger partial charge in [0.1, 0.15) is 0 Å². The van der Waals surface area contributed by atoms with Crippen LogP contribution in [0.3, 0.4) is 0 Å². The molecule has 0 fully saturated rings. The summed E-state index contributed by atoms with van der Waals surface area (Å²) in [4.78, 5) is 18.6.